The summed E-state index contributed by atoms with van der Waals surface area (Å²) in [6.45, 7) is 2.10. The Morgan fingerprint density at radius 2 is 1.85 bits per heavy atom. The standard InChI is InChI=1S/C35H31BFN9/c1-2-31(22-6-4-3-5-7-22)42-33-23(16-38)19-41-34-29(24-17-39-21-40-18-24)14-27(15-30(33)34)43-35(36,25-8-10-26(37)11-9-25)32-20-46(45-44-32)28-12-13-28/h3-11,14-15,17-21,28,31,43-45H,2,12-13H2,1H3,(H,41,42)/t31-,35?/m1/s1. The highest BCUT2D eigenvalue weighted by atomic mass is 19.1. The molecule has 2 aromatic heterocycles. The highest BCUT2D eigenvalue weighted by Crippen LogP contribution is 2.40. The van der Waals surface area contributed by atoms with Gasteiger partial charge in [0, 0.05) is 53.0 Å². The molecule has 0 amide bonds. The molecule has 3 heterocycles. The Labute approximate surface area is 268 Å². The largest absolute Gasteiger partial charge is 0.378 e. The van der Waals surface area contributed by atoms with Gasteiger partial charge < -0.3 is 16.1 Å². The van der Waals surface area contributed by atoms with Gasteiger partial charge in [-0.2, -0.15) is 5.26 Å². The number of hydrogen-bond acceptors (Lipinski definition) is 9. The maximum Gasteiger partial charge on any atom is 0.123 e. The molecule has 1 saturated carbocycles. The van der Waals surface area contributed by atoms with Gasteiger partial charge in [-0.15, -0.1) is 5.53 Å². The number of anilines is 2. The van der Waals surface area contributed by atoms with Crippen molar-refractivity contribution >= 4 is 30.1 Å². The molecule has 4 N–H and O–H groups in total. The Bertz CT molecular complexity index is 1940. The number of aromatic nitrogens is 3. The van der Waals surface area contributed by atoms with Crippen LogP contribution in [0, 0.1) is 17.1 Å². The number of hydrazine groups is 2. The van der Waals surface area contributed by atoms with Gasteiger partial charge >= 0.3 is 0 Å². The molecule has 3 aromatic carbocycles. The van der Waals surface area contributed by atoms with E-state index in [4.69, 9.17) is 12.8 Å². The smallest absolute Gasteiger partial charge is 0.123 e. The van der Waals surface area contributed by atoms with Gasteiger partial charge in [0.25, 0.3) is 0 Å². The van der Waals surface area contributed by atoms with Crippen molar-refractivity contribution in [2.45, 2.75) is 43.7 Å². The van der Waals surface area contributed by atoms with Crippen molar-refractivity contribution in [2.24, 2.45) is 0 Å². The number of hydrogen-bond donors (Lipinski definition) is 4. The zero-order valence-electron chi connectivity index (χ0n) is 25.2. The van der Waals surface area contributed by atoms with Crippen LogP contribution >= 0.6 is 0 Å². The second-order valence-electron chi connectivity index (χ2n) is 11.6. The molecular weight excluding hydrogens is 576 g/mol. The lowest BCUT2D eigenvalue weighted by Crippen LogP contribution is -2.45. The molecule has 1 unspecified atom stereocenters. The van der Waals surface area contributed by atoms with E-state index in [0.29, 0.717) is 39.8 Å². The van der Waals surface area contributed by atoms with Crippen molar-refractivity contribution in [3.8, 4) is 17.2 Å². The molecule has 1 aliphatic carbocycles. The first-order valence-corrected chi connectivity index (χ1v) is 15.3. The minimum atomic E-state index is -1.30. The summed E-state index contributed by atoms with van der Waals surface area (Å²) >= 11 is 0. The van der Waals surface area contributed by atoms with Crippen LogP contribution < -0.4 is 21.6 Å². The normalized spacial score (nSPS) is 16.2. The fourth-order valence-electron chi connectivity index (χ4n) is 5.87. The molecule has 11 heteroatoms. The molecule has 1 aliphatic heterocycles. The van der Waals surface area contributed by atoms with Crippen LogP contribution in [-0.4, -0.2) is 33.8 Å². The SMILES string of the molecule is [B]C(Nc1cc(-c2cncnc2)c2ncc(C#N)c(N[C@H](CC)c3ccccc3)c2c1)(C1=CN(C2CC2)NN1)c1ccc(F)cc1. The lowest BCUT2D eigenvalue weighted by Gasteiger charge is -2.34. The molecule has 7 rings (SSSR count). The summed E-state index contributed by atoms with van der Waals surface area (Å²) in [5, 5.41) is 20.2. The average Bonchev–Trinajstić information content (AvgIpc) is 3.83. The Kier molecular flexibility index (Phi) is 7.72. The van der Waals surface area contributed by atoms with E-state index in [-0.39, 0.29) is 11.9 Å². The molecule has 2 radical (unpaired) electrons. The third-order valence-corrected chi connectivity index (χ3v) is 8.49. The van der Waals surface area contributed by atoms with Crippen LogP contribution in [-0.2, 0) is 5.44 Å². The summed E-state index contributed by atoms with van der Waals surface area (Å²) in [4.78, 5) is 13.3. The topological polar surface area (TPSA) is 114 Å². The second-order valence-corrected chi connectivity index (χ2v) is 11.6. The highest BCUT2D eigenvalue weighted by molar-refractivity contribution is 6.19. The van der Waals surface area contributed by atoms with Crippen molar-refractivity contribution in [1.29, 1.82) is 5.26 Å². The summed E-state index contributed by atoms with van der Waals surface area (Å²) in [7, 11) is 7.26. The van der Waals surface area contributed by atoms with Gasteiger partial charge in [-0.05, 0) is 54.7 Å². The number of pyridine rings is 1. The number of benzene rings is 3. The average molecular weight is 608 g/mol. The quantitative estimate of drug-likeness (QED) is 0.141. The van der Waals surface area contributed by atoms with E-state index in [1.807, 2.05) is 41.5 Å². The monoisotopic (exact) mass is 607 g/mol. The lowest BCUT2D eigenvalue weighted by atomic mass is 9.69. The van der Waals surface area contributed by atoms with Gasteiger partial charge in [0.15, 0.2) is 0 Å². The summed E-state index contributed by atoms with van der Waals surface area (Å²) in [5.41, 5.74) is 11.5. The zero-order valence-corrected chi connectivity index (χ0v) is 25.2. The van der Waals surface area contributed by atoms with E-state index in [9.17, 15) is 9.65 Å². The number of nitriles is 1. The second kappa shape index (κ2) is 12.1. The van der Waals surface area contributed by atoms with Gasteiger partial charge in [-0.1, -0.05) is 49.4 Å². The van der Waals surface area contributed by atoms with Crippen LogP contribution in [0.15, 0.2) is 104 Å². The van der Waals surface area contributed by atoms with E-state index in [2.05, 4.69) is 56.7 Å². The predicted octanol–water partition coefficient (Wildman–Crippen LogP) is 6.03. The first-order valence-electron chi connectivity index (χ1n) is 15.3. The lowest BCUT2D eigenvalue weighted by molar-refractivity contribution is 0.260. The van der Waals surface area contributed by atoms with Crippen LogP contribution in [0.1, 0.15) is 48.9 Å². The number of nitrogens with zero attached hydrogens (tertiary/aromatic N) is 5. The minimum absolute atomic E-state index is 0.0563. The summed E-state index contributed by atoms with van der Waals surface area (Å²) in [6.07, 6.45) is 11.4. The summed E-state index contributed by atoms with van der Waals surface area (Å²) < 4.78 is 14.1. The van der Waals surface area contributed by atoms with E-state index in [1.165, 1.54) is 18.5 Å². The van der Waals surface area contributed by atoms with Crippen LogP contribution in [0.3, 0.4) is 0 Å². The molecule has 1 fully saturated rings. The maximum atomic E-state index is 14.1. The molecular formula is C35H31BFN9. The molecule has 2 atom stereocenters. The fraction of sp³-hybridized carbons (Fsp3) is 0.200. The number of halogens is 1. The van der Waals surface area contributed by atoms with Gasteiger partial charge in [0.1, 0.15) is 26.1 Å². The third-order valence-electron chi connectivity index (χ3n) is 8.49. The summed E-state index contributed by atoms with van der Waals surface area (Å²) in [5.74, 6) is -0.357. The first-order chi connectivity index (χ1) is 22.5. The molecule has 0 spiro atoms. The molecule has 9 nitrogen and oxygen atoms in total. The van der Waals surface area contributed by atoms with Crippen LogP contribution in [0.5, 0.6) is 0 Å². The molecule has 46 heavy (non-hydrogen) atoms. The minimum Gasteiger partial charge on any atom is -0.378 e. The summed E-state index contributed by atoms with van der Waals surface area (Å²) in [6, 6.07) is 22.8. The Balaban J connectivity index is 1.40. The Hall–Kier alpha value is -5.47. The van der Waals surface area contributed by atoms with Crippen molar-refractivity contribution in [3.63, 3.8) is 0 Å². The number of rotatable bonds is 10. The molecule has 5 aromatic rings. The molecule has 0 bridgehead atoms. The van der Waals surface area contributed by atoms with Gasteiger partial charge in [0.2, 0.25) is 0 Å². The molecule has 2 aliphatic rings. The predicted molar refractivity (Wildman–Crippen MR) is 177 cm³/mol. The van der Waals surface area contributed by atoms with Crippen molar-refractivity contribution in [3.05, 3.63) is 126 Å². The van der Waals surface area contributed by atoms with Gasteiger partial charge in [0.05, 0.1) is 33.9 Å². The van der Waals surface area contributed by atoms with E-state index < -0.39 is 5.44 Å². The van der Waals surface area contributed by atoms with Crippen molar-refractivity contribution < 1.29 is 4.39 Å². The van der Waals surface area contributed by atoms with Gasteiger partial charge in [-0.25, -0.2) is 14.4 Å². The molecule has 226 valence electrons. The Morgan fingerprint density at radius 3 is 2.54 bits per heavy atom. The maximum absolute atomic E-state index is 14.1. The van der Waals surface area contributed by atoms with E-state index in [0.717, 1.165) is 41.3 Å². The van der Waals surface area contributed by atoms with Crippen LogP contribution in [0.4, 0.5) is 15.8 Å². The highest BCUT2D eigenvalue weighted by Gasteiger charge is 2.38. The third kappa shape index (κ3) is 5.59. The fourth-order valence-corrected chi connectivity index (χ4v) is 5.87. The number of fused-ring (bicyclic) bond motifs is 1. The first kappa shape index (κ1) is 29.3. The number of nitrogens with one attached hydrogen (secondary N) is 4. The van der Waals surface area contributed by atoms with Crippen LogP contribution in [0.25, 0.3) is 22.0 Å². The van der Waals surface area contributed by atoms with E-state index >= 15 is 0 Å². The van der Waals surface area contributed by atoms with E-state index in [1.54, 1.807) is 30.7 Å². The zero-order chi connectivity index (χ0) is 31.7. The Morgan fingerprint density at radius 1 is 1.09 bits per heavy atom. The van der Waals surface area contributed by atoms with Gasteiger partial charge in [-0.3, -0.25) is 9.99 Å². The van der Waals surface area contributed by atoms with Crippen LogP contribution in [0.2, 0.25) is 0 Å². The van der Waals surface area contributed by atoms with Crippen molar-refractivity contribution in [1.82, 2.24) is 30.9 Å². The van der Waals surface area contributed by atoms with Crippen molar-refractivity contribution in [2.75, 3.05) is 10.6 Å². The molecule has 0 saturated heterocycles.